The van der Waals surface area contributed by atoms with Crippen molar-refractivity contribution >= 4 is 0 Å². The molecular weight excluding hydrogens is 248 g/mol. The van der Waals surface area contributed by atoms with Crippen LogP contribution >= 0.6 is 0 Å². The fourth-order valence-corrected chi connectivity index (χ4v) is 4.09. The molecule has 3 nitrogen and oxygen atoms in total. The van der Waals surface area contributed by atoms with Gasteiger partial charge in [0.1, 0.15) is 0 Å². The van der Waals surface area contributed by atoms with E-state index in [-0.39, 0.29) is 5.54 Å². The summed E-state index contributed by atoms with van der Waals surface area (Å²) in [6.45, 7) is 2.93. The third kappa shape index (κ3) is 2.28. The number of methoxy groups -OCH3 is 1. The maximum atomic E-state index is 6.28. The number of hydrogen-bond donors (Lipinski definition) is 1. The Labute approximate surface area is 122 Å². The van der Waals surface area contributed by atoms with Crippen molar-refractivity contribution in [1.82, 2.24) is 4.90 Å². The smallest absolute Gasteiger partial charge is 0.0595 e. The molecule has 2 N–H and O–H groups in total. The molecule has 1 fully saturated rings. The van der Waals surface area contributed by atoms with E-state index < -0.39 is 0 Å². The first kappa shape index (κ1) is 14.1. The highest BCUT2D eigenvalue weighted by Crippen LogP contribution is 2.40. The van der Waals surface area contributed by atoms with Gasteiger partial charge >= 0.3 is 0 Å². The van der Waals surface area contributed by atoms with Gasteiger partial charge in [-0.05, 0) is 43.2 Å². The summed E-state index contributed by atoms with van der Waals surface area (Å²) in [4.78, 5) is 2.63. The van der Waals surface area contributed by atoms with Crippen LogP contribution < -0.4 is 5.73 Å². The van der Waals surface area contributed by atoms with Crippen molar-refractivity contribution in [2.24, 2.45) is 5.73 Å². The summed E-state index contributed by atoms with van der Waals surface area (Å²) in [7, 11) is 1.83. The van der Waals surface area contributed by atoms with Crippen molar-refractivity contribution in [3.8, 4) is 0 Å². The molecule has 1 atom stereocenters. The van der Waals surface area contributed by atoms with Crippen LogP contribution in [-0.2, 0) is 16.7 Å². The number of benzene rings is 1. The maximum absolute atomic E-state index is 6.28. The van der Waals surface area contributed by atoms with Gasteiger partial charge in [-0.25, -0.2) is 0 Å². The van der Waals surface area contributed by atoms with Crippen molar-refractivity contribution in [3.05, 3.63) is 35.4 Å². The lowest BCUT2D eigenvalue weighted by molar-refractivity contribution is -0.0105. The van der Waals surface area contributed by atoms with Gasteiger partial charge in [0.25, 0.3) is 0 Å². The largest absolute Gasteiger partial charge is 0.381 e. The van der Waals surface area contributed by atoms with E-state index in [1.54, 1.807) is 0 Å². The lowest BCUT2D eigenvalue weighted by atomic mass is 9.74. The van der Waals surface area contributed by atoms with Crippen LogP contribution in [0.5, 0.6) is 0 Å². The minimum absolute atomic E-state index is 0.0631. The highest BCUT2D eigenvalue weighted by Gasteiger charge is 2.41. The van der Waals surface area contributed by atoms with E-state index in [4.69, 9.17) is 10.5 Å². The van der Waals surface area contributed by atoms with E-state index >= 15 is 0 Å². The molecular formula is C17H26N2O. The number of fused-ring (bicyclic) bond motifs is 1. The summed E-state index contributed by atoms with van der Waals surface area (Å²) in [5, 5.41) is 0. The molecule has 1 aromatic rings. The second-order valence-electron chi connectivity index (χ2n) is 6.17. The first-order chi connectivity index (χ1) is 9.80. The fraction of sp³-hybridized carbons (Fsp3) is 0.647. The Bertz CT molecular complexity index is 454. The Morgan fingerprint density at radius 1 is 1.30 bits per heavy atom. The van der Waals surface area contributed by atoms with Gasteiger partial charge in [0.2, 0.25) is 0 Å². The fourth-order valence-electron chi connectivity index (χ4n) is 4.09. The van der Waals surface area contributed by atoms with E-state index in [2.05, 4.69) is 29.2 Å². The molecule has 0 spiro atoms. The van der Waals surface area contributed by atoms with Gasteiger partial charge in [-0.15, -0.1) is 0 Å². The molecule has 3 rings (SSSR count). The average Bonchev–Trinajstić information content (AvgIpc) is 2.54. The van der Waals surface area contributed by atoms with Gasteiger partial charge in [-0.3, -0.25) is 4.90 Å². The molecule has 3 heteroatoms. The zero-order valence-corrected chi connectivity index (χ0v) is 12.5. The molecule has 0 aromatic heterocycles. The van der Waals surface area contributed by atoms with E-state index in [1.165, 1.54) is 30.4 Å². The highest BCUT2D eigenvalue weighted by molar-refractivity contribution is 5.37. The molecule has 1 aliphatic carbocycles. The third-order valence-electron chi connectivity index (χ3n) is 5.27. The molecule has 2 aliphatic rings. The lowest BCUT2D eigenvalue weighted by Crippen LogP contribution is -2.56. The first-order valence-electron chi connectivity index (χ1n) is 7.86. The van der Waals surface area contributed by atoms with Crippen molar-refractivity contribution in [2.75, 3.05) is 26.7 Å². The molecule has 1 aromatic carbocycles. The Balaban J connectivity index is 1.89. The number of aryl methyl sites for hydroxylation is 1. The number of nitrogens with zero attached hydrogens (tertiary/aromatic N) is 1. The molecule has 1 saturated heterocycles. The summed E-state index contributed by atoms with van der Waals surface area (Å²) in [5.74, 6) is 0. The monoisotopic (exact) mass is 274 g/mol. The molecule has 20 heavy (non-hydrogen) atoms. The topological polar surface area (TPSA) is 38.5 Å². The summed E-state index contributed by atoms with van der Waals surface area (Å²) in [6, 6.07) is 8.89. The molecule has 0 bridgehead atoms. The number of rotatable bonds is 3. The molecule has 1 heterocycles. The zero-order valence-electron chi connectivity index (χ0n) is 12.5. The van der Waals surface area contributed by atoms with Crippen molar-refractivity contribution in [3.63, 3.8) is 0 Å². The first-order valence-corrected chi connectivity index (χ1v) is 7.86. The third-order valence-corrected chi connectivity index (χ3v) is 5.27. The molecule has 110 valence electrons. The van der Waals surface area contributed by atoms with Crippen LogP contribution in [0.25, 0.3) is 0 Å². The number of likely N-dealkylation sites (tertiary alicyclic amines) is 1. The SMILES string of the molecule is COC1CCN(C2(CN)CCCc3ccccc32)CC1. The Morgan fingerprint density at radius 3 is 2.75 bits per heavy atom. The number of piperidine rings is 1. The lowest BCUT2D eigenvalue weighted by Gasteiger charge is -2.49. The van der Waals surface area contributed by atoms with Crippen molar-refractivity contribution < 1.29 is 4.74 Å². The number of ether oxygens (including phenoxy) is 1. The van der Waals surface area contributed by atoms with Gasteiger partial charge in [-0.1, -0.05) is 24.3 Å². The van der Waals surface area contributed by atoms with Gasteiger partial charge in [0.15, 0.2) is 0 Å². The van der Waals surface area contributed by atoms with E-state index in [0.717, 1.165) is 32.5 Å². The quantitative estimate of drug-likeness (QED) is 0.919. The molecule has 0 saturated carbocycles. The average molecular weight is 274 g/mol. The maximum Gasteiger partial charge on any atom is 0.0595 e. The minimum Gasteiger partial charge on any atom is -0.381 e. The molecule has 0 amide bonds. The zero-order chi connectivity index (χ0) is 14.0. The van der Waals surface area contributed by atoms with E-state index in [0.29, 0.717) is 6.10 Å². The number of hydrogen-bond acceptors (Lipinski definition) is 3. The molecule has 0 radical (unpaired) electrons. The van der Waals surface area contributed by atoms with Crippen molar-refractivity contribution in [1.29, 1.82) is 0 Å². The highest BCUT2D eigenvalue weighted by atomic mass is 16.5. The van der Waals surface area contributed by atoms with Gasteiger partial charge in [0.05, 0.1) is 11.6 Å². The molecule has 1 aliphatic heterocycles. The predicted octanol–water partition coefficient (Wildman–Crippen LogP) is 2.29. The summed E-state index contributed by atoms with van der Waals surface area (Å²) in [6.07, 6.45) is 6.32. The standard InChI is InChI=1S/C17H26N2O/c1-20-15-8-11-19(12-9-15)17(13-18)10-4-6-14-5-2-3-7-16(14)17/h2-3,5,7,15H,4,6,8-13,18H2,1H3. The van der Waals surface area contributed by atoms with Gasteiger partial charge < -0.3 is 10.5 Å². The van der Waals surface area contributed by atoms with Crippen LogP contribution in [0.2, 0.25) is 0 Å². The van der Waals surface area contributed by atoms with Crippen LogP contribution in [0, 0.1) is 0 Å². The van der Waals surface area contributed by atoms with Crippen molar-refractivity contribution in [2.45, 2.75) is 43.7 Å². The van der Waals surface area contributed by atoms with Gasteiger partial charge in [-0.2, -0.15) is 0 Å². The molecule has 1 unspecified atom stereocenters. The van der Waals surface area contributed by atoms with Crippen LogP contribution in [0.4, 0.5) is 0 Å². The predicted molar refractivity (Wildman–Crippen MR) is 81.7 cm³/mol. The Kier molecular flexibility index (Phi) is 4.11. The number of nitrogens with two attached hydrogens (primary N) is 1. The van der Waals surface area contributed by atoms with E-state index in [9.17, 15) is 0 Å². The summed E-state index contributed by atoms with van der Waals surface area (Å²) >= 11 is 0. The van der Waals surface area contributed by atoms with E-state index in [1.807, 2.05) is 7.11 Å². The second kappa shape index (κ2) is 5.84. The van der Waals surface area contributed by atoms with Gasteiger partial charge in [0, 0.05) is 26.7 Å². The Morgan fingerprint density at radius 2 is 2.05 bits per heavy atom. The van der Waals surface area contributed by atoms with Crippen LogP contribution in [0.3, 0.4) is 0 Å². The summed E-state index contributed by atoms with van der Waals surface area (Å²) < 4.78 is 5.50. The minimum atomic E-state index is 0.0631. The second-order valence-corrected chi connectivity index (χ2v) is 6.17. The van der Waals surface area contributed by atoms with Crippen LogP contribution in [0.15, 0.2) is 24.3 Å². The normalized spacial score (nSPS) is 28.3. The Hall–Kier alpha value is -0.900. The van der Waals surface area contributed by atoms with Crippen LogP contribution in [0.1, 0.15) is 36.8 Å². The van der Waals surface area contributed by atoms with Crippen LogP contribution in [-0.4, -0.2) is 37.7 Å². The summed E-state index contributed by atoms with van der Waals surface area (Å²) in [5.41, 5.74) is 9.32.